The second kappa shape index (κ2) is 5.58. The van der Waals surface area contributed by atoms with Gasteiger partial charge in [0.2, 0.25) is 0 Å². The minimum Gasteiger partial charge on any atom is -0.395 e. The molecule has 0 aliphatic carbocycles. The van der Waals surface area contributed by atoms with Crippen molar-refractivity contribution in [2.24, 2.45) is 0 Å². The number of nitrogens with two attached hydrogens (primary N) is 1. The van der Waals surface area contributed by atoms with Crippen LogP contribution in [0.3, 0.4) is 0 Å². The van der Waals surface area contributed by atoms with Crippen molar-refractivity contribution < 1.29 is 13.9 Å². The van der Waals surface area contributed by atoms with Crippen molar-refractivity contribution in [3.63, 3.8) is 0 Å². The molecule has 0 saturated carbocycles. The fraction of sp³-hybridized carbons (Fsp3) is 0.500. The summed E-state index contributed by atoms with van der Waals surface area (Å²) in [7, 11) is 0. The first kappa shape index (κ1) is 12.6. The summed E-state index contributed by atoms with van der Waals surface area (Å²) in [4.78, 5) is 1.21. The van der Waals surface area contributed by atoms with Crippen molar-refractivity contribution in [1.82, 2.24) is 4.37 Å². The Labute approximate surface area is 94.9 Å². The van der Waals surface area contributed by atoms with Gasteiger partial charge in [0.05, 0.1) is 13.2 Å². The molecule has 1 heterocycles. The molecule has 1 aromatic rings. The van der Waals surface area contributed by atoms with Crippen LogP contribution in [0.1, 0.15) is 5.56 Å². The number of aromatic nitrogens is 1. The molecule has 0 aliphatic rings. The van der Waals surface area contributed by atoms with Gasteiger partial charge < -0.3 is 15.7 Å². The summed E-state index contributed by atoms with van der Waals surface area (Å²) in [5.41, 5.74) is 5.50. The molecule has 0 aromatic carbocycles. The monoisotopic (exact) mass is 248 g/mol. The summed E-state index contributed by atoms with van der Waals surface area (Å²) in [6.45, 7) is -0.826. The van der Waals surface area contributed by atoms with Crippen molar-refractivity contribution in [3.8, 4) is 6.07 Å². The summed E-state index contributed by atoms with van der Waals surface area (Å²) < 4.78 is 28.3. The van der Waals surface area contributed by atoms with Crippen LogP contribution in [0.2, 0.25) is 0 Å². The van der Waals surface area contributed by atoms with Crippen LogP contribution in [-0.4, -0.2) is 35.6 Å². The molecule has 5 nitrogen and oxygen atoms in total. The molecule has 0 spiro atoms. The number of aliphatic hydroxyl groups is 1. The molecule has 16 heavy (non-hydrogen) atoms. The van der Waals surface area contributed by atoms with Crippen LogP contribution >= 0.6 is 11.5 Å². The highest BCUT2D eigenvalue weighted by atomic mass is 32.1. The third-order valence-electron chi connectivity index (χ3n) is 1.83. The van der Waals surface area contributed by atoms with Gasteiger partial charge in [0.25, 0.3) is 6.43 Å². The highest BCUT2D eigenvalue weighted by molar-refractivity contribution is 7.10. The van der Waals surface area contributed by atoms with Crippen LogP contribution < -0.4 is 10.6 Å². The number of aliphatic hydroxyl groups excluding tert-OH is 1. The van der Waals surface area contributed by atoms with E-state index in [-0.39, 0.29) is 29.5 Å². The summed E-state index contributed by atoms with van der Waals surface area (Å²) in [5.74, 6) is 0.0275. The van der Waals surface area contributed by atoms with E-state index in [4.69, 9.17) is 16.1 Å². The van der Waals surface area contributed by atoms with Crippen LogP contribution in [0.15, 0.2) is 0 Å². The van der Waals surface area contributed by atoms with Crippen molar-refractivity contribution in [1.29, 1.82) is 5.26 Å². The third-order valence-corrected chi connectivity index (χ3v) is 2.75. The van der Waals surface area contributed by atoms with Gasteiger partial charge in [0.1, 0.15) is 16.6 Å². The van der Waals surface area contributed by atoms with Gasteiger partial charge in [-0.2, -0.15) is 9.64 Å². The largest absolute Gasteiger partial charge is 0.395 e. The first-order valence-corrected chi connectivity index (χ1v) is 5.16. The highest BCUT2D eigenvalue weighted by Gasteiger charge is 2.20. The topological polar surface area (TPSA) is 86.2 Å². The van der Waals surface area contributed by atoms with Gasteiger partial charge in [0, 0.05) is 6.54 Å². The molecule has 0 saturated heterocycles. The van der Waals surface area contributed by atoms with Gasteiger partial charge in [-0.3, -0.25) is 0 Å². The third kappa shape index (κ3) is 2.77. The van der Waals surface area contributed by atoms with E-state index >= 15 is 0 Å². The fourth-order valence-electron chi connectivity index (χ4n) is 1.18. The highest BCUT2D eigenvalue weighted by Crippen LogP contribution is 2.29. The summed E-state index contributed by atoms with van der Waals surface area (Å²) >= 11 is 0.875. The first-order valence-electron chi connectivity index (χ1n) is 4.39. The summed E-state index contributed by atoms with van der Waals surface area (Å²) in [5, 5.41) is 17.8. The Balaban J connectivity index is 2.96. The van der Waals surface area contributed by atoms with Gasteiger partial charge >= 0.3 is 0 Å². The maximum atomic E-state index is 12.3. The molecule has 0 bridgehead atoms. The maximum Gasteiger partial charge on any atom is 0.255 e. The normalized spacial score (nSPS) is 10.4. The molecular weight excluding hydrogens is 238 g/mol. The average Bonchev–Trinajstić information content (AvgIpc) is 2.58. The number of nitriles is 1. The van der Waals surface area contributed by atoms with Crippen LogP contribution in [0, 0.1) is 11.3 Å². The molecule has 0 amide bonds. The molecule has 0 radical (unpaired) electrons. The minimum atomic E-state index is -2.55. The quantitative estimate of drug-likeness (QED) is 0.799. The average molecular weight is 248 g/mol. The molecule has 8 heteroatoms. The lowest BCUT2D eigenvalue weighted by Gasteiger charge is -2.21. The Bertz CT molecular complexity index is 390. The summed E-state index contributed by atoms with van der Waals surface area (Å²) in [6.07, 6.45) is -2.55. The smallest absolute Gasteiger partial charge is 0.255 e. The van der Waals surface area contributed by atoms with Gasteiger partial charge in [-0.25, -0.2) is 8.78 Å². The molecule has 0 unspecified atom stereocenters. The van der Waals surface area contributed by atoms with E-state index in [1.807, 2.05) is 6.07 Å². The van der Waals surface area contributed by atoms with Gasteiger partial charge in [-0.1, -0.05) is 0 Å². The van der Waals surface area contributed by atoms with Crippen LogP contribution in [-0.2, 0) is 0 Å². The molecule has 88 valence electrons. The van der Waals surface area contributed by atoms with Crippen molar-refractivity contribution >= 4 is 22.4 Å². The molecule has 1 aromatic heterocycles. The van der Waals surface area contributed by atoms with Crippen LogP contribution in [0.4, 0.5) is 19.6 Å². The SMILES string of the molecule is N#Cc1c(N)nsc1N(CCO)CC(F)F. The number of rotatable bonds is 5. The Kier molecular flexibility index (Phi) is 4.39. The van der Waals surface area contributed by atoms with Crippen LogP contribution in [0.25, 0.3) is 0 Å². The Morgan fingerprint density at radius 3 is 2.81 bits per heavy atom. The molecule has 1 rings (SSSR count). The molecule has 0 atom stereocenters. The van der Waals surface area contributed by atoms with E-state index in [2.05, 4.69) is 4.37 Å². The zero-order valence-corrected chi connectivity index (χ0v) is 9.05. The standard InChI is InChI=1S/C8H10F2N4OS/c9-6(10)4-14(1-2-15)8-5(3-11)7(12)13-16-8/h6,15H,1-2,4H2,(H2,12,13). The van der Waals surface area contributed by atoms with Gasteiger partial charge in [-0.05, 0) is 11.5 Å². The number of hydrogen-bond acceptors (Lipinski definition) is 6. The molecular formula is C8H10F2N4OS. The minimum absolute atomic E-state index is 0.0145. The van der Waals surface area contributed by atoms with Crippen molar-refractivity contribution in [2.75, 3.05) is 30.3 Å². The number of anilines is 2. The Hall–Kier alpha value is -1.46. The second-order valence-corrected chi connectivity index (χ2v) is 3.67. The van der Waals surface area contributed by atoms with Gasteiger partial charge in [0.15, 0.2) is 5.82 Å². The van der Waals surface area contributed by atoms with Gasteiger partial charge in [-0.15, -0.1) is 0 Å². The molecule has 0 fully saturated rings. The maximum absolute atomic E-state index is 12.3. The van der Waals surface area contributed by atoms with E-state index in [1.54, 1.807) is 0 Å². The second-order valence-electron chi connectivity index (χ2n) is 2.92. The number of halogens is 2. The van der Waals surface area contributed by atoms with E-state index in [0.29, 0.717) is 0 Å². The molecule has 3 N–H and O–H groups in total. The summed E-state index contributed by atoms with van der Waals surface area (Å²) in [6, 6.07) is 1.81. The molecule has 0 aliphatic heterocycles. The lowest BCUT2D eigenvalue weighted by Crippen LogP contribution is -2.31. The van der Waals surface area contributed by atoms with Crippen LogP contribution in [0.5, 0.6) is 0 Å². The van der Waals surface area contributed by atoms with E-state index in [9.17, 15) is 8.78 Å². The number of alkyl halides is 2. The Morgan fingerprint density at radius 2 is 2.31 bits per heavy atom. The predicted octanol–water partition coefficient (Wildman–Crippen LogP) is 0.661. The van der Waals surface area contributed by atoms with E-state index in [1.165, 1.54) is 4.90 Å². The predicted molar refractivity (Wildman–Crippen MR) is 56.5 cm³/mol. The first-order chi connectivity index (χ1) is 7.60. The van der Waals surface area contributed by atoms with Crippen molar-refractivity contribution in [3.05, 3.63) is 5.56 Å². The zero-order chi connectivity index (χ0) is 12.1. The Morgan fingerprint density at radius 1 is 1.62 bits per heavy atom. The lowest BCUT2D eigenvalue weighted by molar-refractivity contribution is 0.153. The number of nitrogens with zero attached hydrogens (tertiary/aromatic N) is 3. The number of hydrogen-bond donors (Lipinski definition) is 2. The fourth-order valence-corrected chi connectivity index (χ4v) is 1.98. The zero-order valence-electron chi connectivity index (χ0n) is 8.23. The lowest BCUT2D eigenvalue weighted by atomic mass is 10.3. The van der Waals surface area contributed by atoms with Crippen molar-refractivity contribution in [2.45, 2.75) is 6.43 Å². The van der Waals surface area contributed by atoms with E-state index < -0.39 is 13.0 Å². The van der Waals surface area contributed by atoms with E-state index in [0.717, 1.165) is 11.5 Å². The number of nitrogen functional groups attached to an aromatic ring is 1.